The van der Waals surface area contributed by atoms with Gasteiger partial charge in [-0.05, 0) is 35.9 Å². The van der Waals surface area contributed by atoms with Gasteiger partial charge < -0.3 is 15.0 Å². The second kappa shape index (κ2) is 8.81. The van der Waals surface area contributed by atoms with E-state index in [2.05, 4.69) is 10.3 Å². The van der Waals surface area contributed by atoms with Crippen LogP contribution in [0.2, 0.25) is 0 Å². The van der Waals surface area contributed by atoms with Crippen LogP contribution in [-0.4, -0.2) is 31.0 Å². The highest BCUT2D eigenvalue weighted by Gasteiger charge is 2.11. The minimum atomic E-state index is -0.446. The van der Waals surface area contributed by atoms with Crippen molar-refractivity contribution >= 4 is 23.4 Å². The van der Waals surface area contributed by atoms with Gasteiger partial charge >= 0.3 is 5.97 Å². The number of nitrogens with zero attached hydrogens (tertiary/aromatic N) is 2. The number of pyridine rings is 1. The fourth-order valence-corrected chi connectivity index (χ4v) is 2.54. The van der Waals surface area contributed by atoms with Crippen molar-refractivity contribution in [3.8, 4) is 0 Å². The number of hydrogen-bond donors (Lipinski definition) is 1. The Morgan fingerprint density at radius 2 is 1.75 bits per heavy atom. The maximum absolute atomic E-state index is 12.5. The van der Waals surface area contributed by atoms with Crippen LogP contribution in [0.1, 0.15) is 26.3 Å². The fraction of sp³-hybridized carbons (Fsp3) is 0.136. The fourth-order valence-electron chi connectivity index (χ4n) is 2.54. The molecule has 0 spiro atoms. The molecule has 1 aromatic heterocycles. The molecule has 6 nitrogen and oxygen atoms in total. The number of ether oxygens (including phenoxy) is 1. The van der Waals surface area contributed by atoms with E-state index in [0.717, 1.165) is 5.56 Å². The number of anilines is 2. The smallest absolute Gasteiger partial charge is 0.338 e. The summed E-state index contributed by atoms with van der Waals surface area (Å²) in [6, 6.07) is 19.5. The summed E-state index contributed by atoms with van der Waals surface area (Å²) < 4.78 is 5.34. The van der Waals surface area contributed by atoms with Gasteiger partial charge in [-0.3, -0.25) is 4.79 Å². The maximum atomic E-state index is 12.5. The molecule has 0 saturated heterocycles. The molecule has 0 aliphatic rings. The Morgan fingerprint density at radius 3 is 2.50 bits per heavy atom. The Morgan fingerprint density at radius 1 is 0.964 bits per heavy atom. The van der Waals surface area contributed by atoms with E-state index in [-0.39, 0.29) is 12.5 Å². The number of rotatable bonds is 6. The first-order chi connectivity index (χ1) is 13.5. The van der Waals surface area contributed by atoms with Gasteiger partial charge in [-0.25, -0.2) is 9.78 Å². The van der Waals surface area contributed by atoms with Crippen LogP contribution in [0.5, 0.6) is 0 Å². The Balaban J connectivity index is 1.66. The van der Waals surface area contributed by atoms with Gasteiger partial charge in [0.1, 0.15) is 12.4 Å². The van der Waals surface area contributed by atoms with Gasteiger partial charge in [0, 0.05) is 31.5 Å². The van der Waals surface area contributed by atoms with Crippen molar-refractivity contribution in [2.45, 2.75) is 6.61 Å². The predicted octanol–water partition coefficient (Wildman–Crippen LogP) is 3.76. The Hall–Kier alpha value is -3.67. The summed E-state index contributed by atoms with van der Waals surface area (Å²) in [5, 5.41) is 2.80. The molecule has 1 N–H and O–H groups in total. The number of nitrogens with one attached hydrogen (secondary N) is 1. The van der Waals surface area contributed by atoms with Crippen molar-refractivity contribution in [2.75, 3.05) is 24.3 Å². The number of carbonyl (C=O) groups excluding carboxylic acids is 2. The second-order valence-corrected chi connectivity index (χ2v) is 6.39. The lowest BCUT2D eigenvalue weighted by molar-refractivity contribution is 0.0472. The first-order valence-electron chi connectivity index (χ1n) is 8.79. The van der Waals surface area contributed by atoms with E-state index in [4.69, 9.17) is 4.74 Å². The average molecular weight is 375 g/mol. The number of hydrogen-bond acceptors (Lipinski definition) is 5. The van der Waals surface area contributed by atoms with E-state index in [1.54, 1.807) is 42.6 Å². The third kappa shape index (κ3) is 4.94. The molecule has 0 fully saturated rings. The van der Waals surface area contributed by atoms with E-state index < -0.39 is 5.97 Å². The summed E-state index contributed by atoms with van der Waals surface area (Å²) in [4.78, 5) is 30.8. The molecule has 142 valence electrons. The van der Waals surface area contributed by atoms with E-state index in [9.17, 15) is 9.59 Å². The summed E-state index contributed by atoms with van der Waals surface area (Å²) in [5.41, 5.74) is 2.28. The number of benzene rings is 2. The van der Waals surface area contributed by atoms with Gasteiger partial charge in [-0.1, -0.05) is 36.4 Å². The highest BCUT2D eigenvalue weighted by Crippen LogP contribution is 2.16. The van der Waals surface area contributed by atoms with Crippen LogP contribution in [0, 0.1) is 0 Å². The van der Waals surface area contributed by atoms with Crippen LogP contribution in [-0.2, 0) is 11.3 Å². The van der Waals surface area contributed by atoms with Crippen LogP contribution in [0.4, 0.5) is 11.5 Å². The van der Waals surface area contributed by atoms with E-state index in [1.165, 1.54) is 0 Å². The molecule has 0 unspecified atom stereocenters. The first-order valence-corrected chi connectivity index (χ1v) is 8.79. The molecular formula is C22H21N3O3. The van der Waals surface area contributed by atoms with Crippen molar-refractivity contribution in [3.63, 3.8) is 0 Å². The number of aromatic nitrogens is 1. The third-order valence-corrected chi connectivity index (χ3v) is 4.03. The van der Waals surface area contributed by atoms with Crippen LogP contribution in [0.15, 0.2) is 72.9 Å². The molecule has 0 radical (unpaired) electrons. The predicted molar refractivity (Wildman–Crippen MR) is 109 cm³/mol. The van der Waals surface area contributed by atoms with Gasteiger partial charge in [-0.15, -0.1) is 0 Å². The molecule has 3 rings (SSSR count). The lowest BCUT2D eigenvalue weighted by Crippen LogP contribution is -2.15. The molecule has 1 amide bonds. The largest absolute Gasteiger partial charge is 0.457 e. The maximum Gasteiger partial charge on any atom is 0.338 e. The normalized spacial score (nSPS) is 10.2. The van der Waals surface area contributed by atoms with Crippen LogP contribution in [0.25, 0.3) is 0 Å². The molecule has 0 atom stereocenters. The van der Waals surface area contributed by atoms with Crippen molar-refractivity contribution in [1.82, 2.24) is 4.98 Å². The number of esters is 1. The average Bonchev–Trinajstić information content (AvgIpc) is 2.73. The monoisotopic (exact) mass is 375 g/mol. The summed E-state index contributed by atoms with van der Waals surface area (Å²) in [5.74, 6) is -0.0371. The second-order valence-electron chi connectivity index (χ2n) is 6.39. The van der Waals surface area contributed by atoms with Gasteiger partial charge in [0.05, 0.1) is 5.56 Å². The topological polar surface area (TPSA) is 71.5 Å². The van der Waals surface area contributed by atoms with E-state index in [1.807, 2.05) is 49.3 Å². The van der Waals surface area contributed by atoms with Crippen molar-refractivity contribution in [2.24, 2.45) is 0 Å². The molecule has 0 aliphatic heterocycles. The standard InChI is InChI=1S/C22H21N3O3/c1-25(2)20-14-17(11-12-23-20)21(26)24-19-10-6-9-18(13-19)22(27)28-15-16-7-4-3-5-8-16/h3-14H,15H2,1-2H3,(H,24,26). The zero-order valence-corrected chi connectivity index (χ0v) is 15.8. The zero-order chi connectivity index (χ0) is 19.9. The first kappa shape index (κ1) is 19.1. The molecule has 3 aromatic rings. The van der Waals surface area contributed by atoms with Gasteiger partial charge in [0.15, 0.2) is 0 Å². The highest BCUT2D eigenvalue weighted by molar-refractivity contribution is 6.05. The van der Waals surface area contributed by atoms with Gasteiger partial charge in [0.2, 0.25) is 0 Å². The number of carbonyl (C=O) groups is 2. The van der Waals surface area contributed by atoms with E-state index in [0.29, 0.717) is 22.6 Å². The SMILES string of the molecule is CN(C)c1cc(C(=O)Nc2cccc(C(=O)OCc3ccccc3)c2)ccn1. The summed E-state index contributed by atoms with van der Waals surface area (Å²) in [6.07, 6.45) is 1.58. The molecule has 2 aromatic carbocycles. The van der Waals surface area contributed by atoms with Crippen molar-refractivity contribution in [1.29, 1.82) is 0 Å². The van der Waals surface area contributed by atoms with Crippen molar-refractivity contribution < 1.29 is 14.3 Å². The molecular weight excluding hydrogens is 354 g/mol. The summed E-state index contributed by atoms with van der Waals surface area (Å²) in [7, 11) is 3.71. The highest BCUT2D eigenvalue weighted by atomic mass is 16.5. The van der Waals surface area contributed by atoms with Crippen LogP contribution >= 0.6 is 0 Å². The van der Waals surface area contributed by atoms with Crippen molar-refractivity contribution in [3.05, 3.63) is 89.6 Å². The van der Waals surface area contributed by atoms with E-state index >= 15 is 0 Å². The Bertz CT molecular complexity index is 972. The molecule has 0 bridgehead atoms. The molecule has 6 heteroatoms. The third-order valence-electron chi connectivity index (χ3n) is 4.03. The Labute approximate surface area is 163 Å². The summed E-state index contributed by atoms with van der Waals surface area (Å²) >= 11 is 0. The molecule has 28 heavy (non-hydrogen) atoms. The quantitative estimate of drug-likeness (QED) is 0.664. The lowest BCUT2D eigenvalue weighted by atomic mass is 10.2. The summed E-state index contributed by atoms with van der Waals surface area (Å²) in [6.45, 7) is 0.195. The minimum absolute atomic E-state index is 0.195. The zero-order valence-electron chi connectivity index (χ0n) is 15.8. The van der Waals surface area contributed by atoms with Crippen LogP contribution < -0.4 is 10.2 Å². The minimum Gasteiger partial charge on any atom is -0.457 e. The molecule has 0 saturated carbocycles. The Kier molecular flexibility index (Phi) is 6.01. The molecule has 0 aliphatic carbocycles. The van der Waals surface area contributed by atoms with Gasteiger partial charge in [-0.2, -0.15) is 0 Å². The number of amides is 1. The van der Waals surface area contributed by atoms with Crippen LogP contribution in [0.3, 0.4) is 0 Å². The molecule has 1 heterocycles. The lowest BCUT2D eigenvalue weighted by Gasteiger charge is -2.12. The van der Waals surface area contributed by atoms with Gasteiger partial charge in [0.25, 0.3) is 5.91 Å².